The molecule has 0 atom stereocenters. The van der Waals surface area contributed by atoms with Gasteiger partial charge in [-0.3, -0.25) is 4.79 Å². The molecule has 1 heterocycles. The van der Waals surface area contributed by atoms with E-state index < -0.39 is 12.6 Å². The zero-order chi connectivity index (χ0) is 13.7. The van der Waals surface area contributed by atoms with E-state index in [2.05, 4.69) is 10.6 Å². The highest BCUT2D eigenvalue weighted by molar-refractivity contribution is 5.85. The monoisotopic (exact) mass is 304 g/mol. The number of nitrogens with one attached hydrogen (secondary N) is 2. The first-order valence-corrected chi connectivity index (χ1v) is 6.52. The van der Waals surface area contributed by atoms with E-state index >= 15 is 0 Å². The Bertz CT molecular complexity index is 451. The number of halogens is 3. The van der Waals surface area contributed by atoms with Crippen LogP contribution in [0.4, 0.5) is 8.78 Å². The van der Waals surface area contributed by atoms with Crippen molar-refractivity contribution in [2.75, 3.05) is 19.8 Å². The first-order chi connectivity index (χ1) is 9.20. The minimum Gasteiger partial charge on any atom is -0.350 e. The third-order valence-corrected chi connectivity index (χ3v) is 3.48. The van der Waals surface area contributed by atoms with E-state index in [4.69, 9.17) is 0 Å². The third kappa shape index (κ3) is 4.42. The van der Waals surface area contributed by atoms with Gasteiger partial charge in [0.15, 0.2) is 6.67 Å². The van der Waals surface area contributed by atoms with E-state index in [0.29, 0.717) is 11.5 Å². The van der Waals surface area contributed by atoms with Gasteiger partial charge in [0, 0.05) is 12.1 Å². The zero-order valence-electron chi connectivity index (χ0n) is 11.1. The van der Waals surface area contributed by atoms with Gasteiger partial charge in [-0.25, -0.2) is 8.78 Å². The smallest absolute Gasteiger partial charge is 0.251 e. The highest BCUT2D eigenvalue weighted by atomic mass is 35.5. The van der Waals surface area contributed by atoms with Crippen LogP contribution in [0.2, 0.25) is 0 Å². The van der Waals surface area contributed by atoms with E-state index in [1.165, 1.54) is 6.07 Å². The van der Waals surface area contributed by atoms with Crippen LogP contribution < -0.4 is 10.6 Å². The molecule has 1 fully saturated rings. The van der Waals surface area contributed by atoms with Gasteiger partial charge >= 0.3 is 0 Å². The Morgan fingerprint density at radius 2 is 2.05 bits per heavy atom. The summed E-state index contributed by atoms with van der Waals surface area (Å²) in [7, 11) is 0. The summed E-state index contributed by atoms with van der Waals surface area (Å²) < 4.78 is 25.7. The molecule has 3 nitrogen and oxygen atoms in total. The third-order valence-electron chi connectivity index (χ3n) is 3.48. The molecule has 2 rings (SSSR count). The molecule has 6 heteroatoms. The van der Waals surface area contributed by atoms with Gasteiger partial charge in [-0.05, 0) is 43.5 Å². The molecule has 0 saturated carbocycles. The van der Waals surface area contributed by atoms with Gasteiger partial charge in [0.1, 0.15) is 5.82 Å². The van der Waals surface area contributed by atoms with Crippen LogP contribution in [0.15, 0.2) is 18.2 Å². The molecule has 0 spiro atoms. The molecule has 1 aromatic carbocycles. The average molecular weight is 305 g/mol. The van der Waals surface area contributed by atoms with E-state index in [0.717, 1.165) is 31.5 Å². The number of hydrogen-bond acceptors (Lipinski definition) is 2. The quantitative estimate of drug-likeness (QED) is 0.896. The topological polar surface area (TPSA) is 41.1 Å². The molecule has 0 aromatic heterocycles. The van der Waals surface area contributed by atoms with Crippen LogP contribution >= 0.6 is 12.4 Å². The lowest BCUT2D eigenvalue weighted by Crippen LogP contribution is -2.27. The van der Waals surface area contributed by atoms with Gasteiger partial charge in [-0.2, -0.15) is 0 Å². The molecule has 1 aromatic rings. The second-order valence-corrected chi connectivity index (χ2v) is 4.79. The molecular weight excluding hydrogens is 286 g/mol. The van der Waals surface area contributed by atoms with Gasteiger partial charge < -0.3 is 10.6 Å². The molecule has 0 unspecified atom stereocenters. The number of rotatable bonds is 4. The lowest BCUT2D eigenvalue weighted by molar-refractivity contribution is -0.122. The Kier molecular flexibility index (Phi) is 6.88. The van der Waals surface area contributed by atoms with Crippen LogP contribution in [0.1, 0.15) is 29.9 Å². The zero-order valence-corrected chi connectivity index (χ0v) is 11.9. The van der Waals surface area contributed by atoms with E-state index in [9.17, 15) is 13.6 Å². The largest absolute Gasteiger partial charge is 0.350 e. The summed E-state index contributed by atoms with van der Waals surface area (Å²) in [4.78, 5) is 10.9. The fraction of sp³-hybridized carbons (Fsp3) is 0.500. The van der Waals surface area contributed by atoms with Gasteiger partial charge in [-0.15, -0.1) is 12.4 Å². The molecule has 0 bridgehead atoms. The van der Waals surface area contributed by atoms with Crippen molar-refractivity contribution in [3.8, 4) is 0 Å². The maximum atomic E-state index is 13.6. The first kappa shape index (κ1) is 16.9. The average Bonchev–Trinajstić information content (AvgIpc) is 2.47. The summed E-state index contributed by atoms with van der Waals surface area (Å²) in [5, 5.41) is 5.64. The molecule has 0 radical (unpaired) electrons. The predicted octanol–water partition coefficient (Wildman–Crippen LogP) is 2.30. The number of benzene rings is 1. The Morgan fingerprint density at radius 1 is 1.35 bits per heavy atom. The van der Waals surface area contributed by atoms with E-state index in [1.807, 2.05) is 0 Å². The van der Waals surface area contributed by atoms with Crippen molar-refractivity contribution in [2.24, 2.45) is 0 Å². The van der Waals surface area contributed by atoms with Crippen molar-refractivity contribution >= 4 is 18.3 Å². The van der Waals surface area contributed by atoms with E-state index in [1.54, 1.807) is 12.1 Å². The minimum absolute atomic E-state index is 0. The second-order valence-electron chi connectivity index (χ2n) is 4.79. The lowest BCUT2D eigenvalue weighted by atomic mass is 9.89. The summed E-state index contributed by atoms with van der Waals surface area (Å²) in [6.07, 6.45) is 2.06. The van der Waals surface area contributed by atoms with Crippen LogP contribution in [0, 0.1) is 5.82 Å². The molecular formula is C14H19ClF2N2O. The van der Waals surface area contributed by atoms with Gasteiger partial charge in [0.05, 0.1) is 0 Å². The molecule has 112 valence electrons. The Labute approximate surface area is 123 Å². The molecule has 1 aliphatic heterocycles. The summed E-state index contributed by atoms with van der Waals surface area (Å²) in [6, 6.07) is 5.00. The normalized spacial score (nSPS) is 15.5. The second kappa shape index (κ2) is 8.17. The number of carbonyl (C=O) groups is 1. The predicted molar refractivity (Wildman–Crippen MR) is 76.3 cm³/mol. The van der Waals surface area contributed by atoms with E-state index in [-0.39, 0.29) is 24.8 Å². The molecule has 1 saturated heterocycles. The first-order valence-electron chi connectivity index (χ1n) is 6.52. The highest BCUT2D eigenvalue weighted by Gasteiger charge is 2.16. The summed E-state index contributed by atoms with van der Waals surface area (Å²) in [5.41, 5.74) is 1.50. The number of piperidine rings is 1. The SMILES string of the molecule is Cl.O=C(CF)NCc1cc(C2CCNCC2)ccc1F. The van der Waals surface area contributed by atoms with Crippen LogP contribution in [-0.4, -0.2) is 25.7 Å². The van der Waals surface area contributed by atoms with Gasteiger partial charge in [-0.1, -0.05) is 12.1 Å². The fourth-order valence-electron chi connectivity index (χ4n) is 2.38. The Hall–Kier alpha value is -1.20. The Balaban J connectivity index is 0.00000200. The molecule has 20 heavy (non-hydrogen) atoms. The van der Waals surface area contributed by atoms with Crippen LogP contribution in [0.25, 0.3) is 0 Å². The number of alkyl halides is 1. The highest BCUT2D eigenvalue weighted by Crippen LogP contribution is 2.26. The summed E-state index contributed by atoms with van der Waals surface area (Å²) in [5.74, 6) is -0.652. The maximum absolute atomic E-state index is 13.6. The molecule has 1 aliphatic rings. The van der Waals surface area contributed by atoms with Crippen LogP contribution in [0.5, 0.6) is 0 Å². The molecule has 1 amide bonds. The summed E-state index contributed by atoms with van der Waals surface area (Å²) >= 11 is 0. The van der Waals surface area contributed by atoms with Crippen molar-refractivity contribution in [2.45, 2.75) is 25.3 Å². The number of carbonyl (C=O) groups excluding carboxylic acids is 1. The fourth-order valence-corrected chi connectivity index (χ4v) is 2.38. The number of amides is 1. The lowest BCUT2D eigenvalue weighted by Gasteiger charge is -2.23. The Morgan fingerprint density at radius 3 is 2.70 bits per heavy atom. The van der Waals surface area contributed by atoms with Crippen molar-refractivity contribution in [3.05, 3.63) is 35.1 Å². The minimum atomic E-state index is -1.07. The summed E-state index contributed by atoms with van der Waals surface area (Å²) in [6.45, 7) is 0.898. The van der Waals surface area contributed by atoms with Crippen molar-refractivity contribution in [3.63, 3.8) is 0 Å². The maximum Gasteiger partial charge on any atom is 0.251 e. The van der Waals surface area contributed by atoms with Crippen molar-refractivity contribution in [1.29, 1.82) is 0 Å². The van der Waals surface area contributed by atoms with Crippen LogP contribution in [-0.2, 0) is 11.3 Å². The van der Waals surface area contributed by atoms with Crippen molar-refractivity contribution < 1.29 is 13.6 Å². The van der Waals surface area contributed by atoms with Crippen LogP contribution in [0.3, 0.4) is 0 Å². The molecule has 2 N–H and O–H groups in total. The standard InChI is InChI=1S/C14H18F2N2O.ClH/c15-8-14(19)18-9-12-7-11(1-2-13(12)16)10-3-5-17-6-4-10;/h1-2,7,10,17H,3-6,8-9H2,(H,18,19);1H. The van der Waals surface area contributed by atoms with Gasteiger partial charge in [0.2, 0.25) is 0 Å². The van der Waals surface area contributed by atoms with Gasteiger partial charge in [0.25, 0.3) is 5.91 Å². The molecule has 0 aliphatic carbocycles. The number of hydrogen-bond donors (Lipinski definition) is 2. The van der Waals surface area contributed by atoms with Crippen molar-refractivity contribution in [1.82, 2.24) is 10.6 Å².